The molecule has 11 heteroatoms. The number of ether oxygens (including phenoxy) is 2. The van der Waals surface area contributed by atoms with Crippen molar-refractivity contribution in [1.82, 2.24) is 9.99 Å². The van der Waals surface area contributed by atoms with E-state index in [0.717, 1.165) is 32.5 Å². The maximum atomic E-state index is 13.8. The summed E-state index contributed by atoms with van der Waals surface area (Å²) >= 11 is 6.40. The zero-order valence-electron chi connectivity index (χ0n) is 23.4. The number of rotatable bonds is 10. The predicted molar refractivity (Wildman–Crippen MR) is 161 cm³/mol. The third kappa shape index (κ3) is 6.39. The second-order valence-electron chi connectivity index (χ2n) is 9.27. The molecule has 0 saturated heterocycles. The van der Waals surface area contributed by atoms with Crippen LogP contribution in [0.15, 0.2) is 82.8 Å². The standard InChI is InChI=1S/C30H31ClN4O5S/c1-20-10-12-24(13-11-20)34(41(37,38)25-14-15-28(39-4)29(17-25)40-5)19-30(36)33-32-18-23-16-21(2)35(22(23)3)27-9-7-6-8-26(27)31/h6-18H,19H2,1-5H3,(H,33,36)/b32-18-. The minimum absolute atomic E-state index is 0.0564. The maximum absolute atomic E-state index is 13.8. The van der Waals surface area contributed by atoms with Crippen molar-refractivity contribution in [3.63, 3.8) is 0 Å². The molecule has 1 amide bonds. The van der Waals surface area contributed by atoms with Crippen molar-refractivity contribution in [2.45, 2.75) is 25.7 Å². The number of hydrogen-bond donors (Lipinski definition) is 1. The van der Waals surface area contributed by atoms with E-state index in [2.05, 4.69) is 10.5 Å². The number of halogens is 1. The third-order valence-corrected chi connectivity index (χ3v) is 8.60. The number of amides is 1. The first kappa shape index (κ1) is 29.7. The molecule has 9 nitrogen and oxygen atoms in total. The topological polar surface area (TPSA) is 102 Å². The van der Waals surface area contributed by atoms with E-state index < -0.39 is 22.5 Å². The van der Waals surface area contributed by atoms with Crippen LogP contribution in [0.2, 0.25) is 5.02 Å². The molecule has 0 spiro atoms. The number of nitrogens with one attached hydrogen (secondary N) is 1. The van der Waals surface area contributed by atoms with E-state index in [0.29, 0.717) is 16.5 Å². The highest BCUT2D eigenvalue weighted by atomic mass is 35.5. The largest absolute Gasteiger partial charge is 0.493 e. The second-order valence-corrected chi connectivity index (χ2v) is 11.5. The number of anilines is 1. The van der Waals surface area contributed by atoms with Gasteiger partial charge in [-0.3, -0.25) is 9.10 Å². The Morgan fingerprint density at radius 2 is 1.66 bits per heavy atom. The van der Waals surface area contributed by atoms with Gasteiger partial charge >= 0.3 is 0 Å². The SMILES string of the molecule is COc1ccc(S(=O)(=O)N(CC(=O)N/N=C\c2cc(C)n(-c3ccccc3Cl)c2C)c2ccc(C)cc2)cc1OC. The summed E-state index contributed by atoms with van der Waals surface area (Å²) in [4.78, 5) is 13.0. The van der Waals surface area contributed by atoms with Crippen molar-refractivity contribution in [3.05, 3.63) is 100 Å². The van der Waals surface area contributed by atoms with Gasteiger partial charge in [-0.2, -0.15) is 5.10 Å². The highest BCUT2D eigenvalue weighted by Gasteiger charge is 2.28. The van der Waals surface area contributed by atoms with Gasteiger partial charge in [0.2, 0.25) is 0 Å². The molecule has 214 valence electrons. The van der Waals surface area contributed by atoms with Crippen LogP contribution in [0.5, 0.6) is 11.5 Å². The zero-order valence-corrected chi connectivity index (χ0v) is 25.0. The third-order valence-electron chi connectivity index (χ3n) is 6.51. The summed E-state index contributed by atoms with van der Waals surface area (Å²) in [5.74, 6) is 0.0148. The lowest BCUT2D eigenvalue weighted by molar-refractivity contribution is -0.119. The normalized spacial score (nSPS) is 11.5. The molecule has 0 aliphatic rings. The summed E-state index contributed by atoms with van der Waals surface area (Å²) in [7, 11) is -1.29. The van der Waals surface area contributed by atoms with Crippen LogP contribution in [-0.4, -0.2) is 45.9 Å². The van der Waals surface area contributed by atoms with E-state index in [1.165, 1.54) is 38.6 Å². The fourth-order valence-corrected chi connectivity index (χ4v) is 6.05. The monoisotopic (exact) mass is 594 g/mol. The molecule has 0 saturated carbocycles. The Labute approximate surface area is 245 Å². The lowest BCUT2D eigenvalue weighted by atomic mass is 10.2. The van der Waals surface area contributed by atoms with Gasteiger partial charge in [0.25, 0.3) is 15.9 Å². The Balaban J connectivity index is 1.59. The van der Waals surface area contributed by atoms with Gasteiger partial charge in [-0.25, -0.2) is 13.8 Å². The van der Waals surface area contributed by atoms with Crippen molar-refractivity contribution in [2.24, 2.45) is 5.10 Å². The molecular weight excluding hydrogens is 564 g/mol. The Hall–Kier alpha value is -4.28. The number of carbonyl (C=O) groups excluding carboxylic acids is 1. The van der Waals surface area contributed by atoms with Gasteiger partial charge in [-0.1, -0.05) is 41.4 Å². The summed E-state index contributed by atoms with van der Waals surface area (Å²) in [5.41, 5.74) is 7.16. The molecule has 0 bridgehead atoms. The molecule has 3 aromatic carbocycles. The van der Waals surface area contributed by atoms with Crippen LogP contribution in [0.4, 0.5) is 5.69 Å². The van der Waals surface area contributed by atoms with Crippen molar-refractivity contribution in [2.75, 3.05) is 25.1 Å². The number of nitrogens with zero attached hydrogens (tertiary/aromatic N) is 3. The number of benzene rings is 3. The Kier molecular flexibility index (Phi) is 9.05. The Morgan fingerprint density at radius 1 is 0.976 bits per heavy atom. The molecule has 41 heavy (non-hydrogen) atoms. The van der Waals surface area contributed by atoms with E-state index in [-0.39, 0.29) is 10.6 Å². The quantitative estimate of drug-likeness (QED) is 0.195. The molecular formula is C30H31ClN4O5S. The number of aromatic nitrogens is 1. The first-order valence-electron chi connectivity index (χ1n) is 12.6. The summed E-state index contributed by atoms with van der Waals surface area (Å²) in [6.45, 7) is 5.26. The molecule has 1 heterocycles. The summed E-state index contributed by atoms with van der Waals surface area (Å²) in [6.07, 6.45) is 1.52. The number of methoxy groups -OCH3 is 2. The van der Waals surface area contributed by atoms with Gasteiger partial charge in [0.05, 0.1) is 41.7 Å². The number of aryl methyl sites for hydroxylation is 2. The van der Waals surface area contributed by atoms with Crippen LogP contribution in [0.3, 0.4) is 0 Å². The minimum atomic E-state index is -4.17. The molecule has 4 rings (SSSR count). The average molecular weight is 595 g/mol. The molecule has 0 radical (unpaired) electrons. The van der Waals surface area contributed by atoms with Crippen LogP contribution in [0.1, 0.15) is 22.5 Å². The average Bonchev–Trinajstić information content (AvgIpc) is 3.24. The van der Waals surface area contributed by atoms with Crippen LogP contribution in [0, 0.1) is 20.8 Å². The zero-order chi connectivity index (χ0) is 29.7. The summed E-state index contributed by atoms with van der Waals surface area (Å²) in [6, 6.07) is 20.5. The molecule has 0 atom stereocenters. The van der Waals surface area contributed by atoms with Crippen molar-refractivity contribution in [3.8, 4) is 17.2 Å². The van der Waals surface area contributed by atoms with E-state index in [1.54, 1.807) is 24.3 Å². The van der Waals surface area contributed by atoms with Crippen molar-refractivity contribution >= 4 is 39.4 Å². The predicted octanol–water partition coefficient (Wildman–Crippen LogP) is 5.42. The Morgan fingerprint density at radius 3 is 2.32 bits per heavy atom. The van der Waals surface area contributed by atoms with Crippen LogP contribution >= 0.6 is 11.6 Å². The summed E-state index contributed by atoms with van der Waals surface area (Å²) in [5, 5.41) is 4.72. The fourth-order valence-electron chi connectivity index (χ4n) is 4.39. The van der Waals surface area contributed by atoms with Crippen molar-refractivity contribution < 1.29 is 22.7 Å². The number of hydrogen-bond acceptors (Lipinski definition) is 6. The fraction of sp³-hybridized carbons (Fsp3) is 0.200. The van der Waals surface area contributed by atoms with E-state index in [4.69, 9.17) is 21.1 Å². The van der Waals surface area contributed by atoms with Crippen LogP contribution in [0.25, 0.3) is 5.69 Å². The number of hydrazone groups is 1. The van der Waals surface area contributed by atoms with Gasteiger partial charge in [0.1, 0.15) is 6.54 Å². The highest BCUT2D eigenvalue weighted by Crippen LogP contribution is 2.32. The molecule has 1 aromatic heterocycles. The smallest absolute Gasteiger partial charge is 0.264 e. The number of carbonyl (C=O) groups is 1. The van der Waals surface area contributed by atoms with Gasteiger partial charge in [0, 0.05) is 23.0 Å². The molecule has 0 aliphatic heterocycles. The lowest BCUT2D eigenvalue weighted by Gasteiger charge is -2.24. The minimum Gasteiger partial charge on any atom is -0.493 e. The van der Waals surface area contributed by atoms with Crippen molar-refractivity contribution in [1.29, 1.82) is 0 Å². The van der Waals surface area contributed by atoms with E-state index >= 15 is 0 Å². The van der Waals surface area contributed by atoms with Crippen LogP contribution in [-0.2, 0) is 14.8 Å². The van der Waals surface area contributed by atoms with Gasteiger partial charge in [-0.05, 0) is 63.2 Å². The molecule has 4 aromatic rings. The Bertz CT molecular complexity index is 1700. The molecule has 0 aliphatic carbocycles. The van der Waals surface area contributed by atoms with E-state index in [9.17, 15) is 13.2 Å². The summed E-state index contributed by atoms with van der Waals surface area (Å²) < 4.78 is 41.1. The van der Waals surface area contributed by atoms with Crippen LogP contribution < -0.4 is 19.2 Å². The first-order valence-corrected chi connectivity index (χ1v) is 14.5. The maximum Gasteiger partial charge on any atom is 0.264 e. The van der Waals surface area contributed by atoms with E-state index in [1.807, 2.05) is 55.7 Å². The second kappa shape index (κ2) is 12.5. The van der Waals surface area contributed by atoms with Gasteiger partial charge in [-0.15, -0.1) is 0 Å². The molecule has 1 N–H and O–H groups in total. The van der Waals surface area contributed by atoms with Gasteiger partial charge in [0.15, 0.2) is 11.5 Å². The van der Waals surface area contributed by atoms with Gasteiger partial charge < -0.3 is 14.0 Å². The molecule has 0 unspecified atom stereocenters. The molecule has 0 fully saturated rings. The number of para-hydroxylation sites is 1. The first-order chi connectivity index (χ1) is 19.6. The lowest BCUT2D eigenvalue weighted by Crippen LogP contribution is -2.39. The number of sulfonamides is 1. The highest BCUT2D eigenvalue weighted by molar-refractivity contribution is 7.92.